The fourth-order valence-corrected chi connectivity index (χ4v) is 2.69. The molecule has 2 rings (SSSR count). The maximum atomic E-state index is 12.0. The Balaban J connectivity index is 2.01. The lowest BCUT2D eigenvalue weighted by molar-refractivity contribution is 0.0683. The Morgan fingerprint density at radius 1 is 1.67 bits per heavy atom. The molecule has 1 aliphatic heterocycles. The zero-order chi connectivity index (χ0) is 10.7. The van der Waals surface area contributed by atoms with Gasteiger partial charge in [-0.25, -0.2) is 0 Å². The molecule has 0 saturated carbocycles. The van der Waals surface area contributed by atoms with Crippen molar-refractivity contribution in [2.24, 2.45) is 11.7 Å². The van der Waals surface area contributed by atoms with E-state index in [1.54, 1.807) is 0 Å². The number of amides is 1. The van der Waals surface area contributed by atoms with Crippen LogP contribution in [-0.2, 0) is 0 Å². The highest BCUT2D eigenvalue weighted by Crippen LogP contribution is 2.19. The highest BCUT2D eigenvalue weighted by Gasteiger charge is 2.23. The van der Waals surface area contributed by atoms with E-state index in [-0.39, 0.29) is 5.91 Å². The van der Waals surface area contributed by atoms with Crippen LogP contribution in [0.3, 0.4) is 0 Å². The number of rotatable bonds is 2. The van der Waals surface area contributed by atoms with Crippen LogP contribution in [0.25, 0.3) is 0 Å². The van der Waals surface area contributed by atoms with Crippen molar-refractivity contribution in [2.75, 3.05) is 19.6 Å². The van der Waals surface area contributed by atoms with Gasteiger partial charge >= 0.3 is 0 Å². The molecule has 0 unspecified atom stereocenters. The molecule has 0 radical (unpaired) electrons. The number of carbonyl (C=O) groups excluding carboxylic acids is 1. The van der Waals surface area contributed by atoms with Crippen LogP contribution < -0.4 is 5.73 Å². The van der Waals surface area contributed by atoms with Crippen molar-refractivity contribution in [3.63, 3.8) is 0 Å². The van der Waals surface area contributed by atoms with Crippen LogP contribution in [-0.4, -0.2) is 30.4 Å². The molecule has 82 valence electrons. The lowest BCUT2D eigenvalue weighted by atomic mass is 9.98. The van der Waals surface area contributed by atoms with Gasteiger partial charge in [-0.1, -0.05) is 6.07 Å². The normalized spacial score (nSPS) is 21.7. The summed E-state index contributed by atoms with van der Waals surface area (Å²) in [6.07, 6.45) is 2.24. The van der Waals surface area contributed by atoms with E-state index in [0.717, 1.165) is 30.8 Å². The molecule has 2 N–H and O–H groups in total. The molecule has 1 saturated heterocycles. The van der Waals surface area contributed by atoms with Gasteiger partial charge in [-0.3, -0.25) is 4.79 Å². The van der Waals surface area contributed by atoms with Crippen molar-refractivity contribution in [3.8, 4) is 0 Å². The first kappa shape index (κ1) is 10.6. The molecule has 0 aliphatic carbocycles. The molecule has 3 nitrogen and oxygen atoms in total. The monoisotopic (exact) mass is 224 g/mol. The average molecular weight is 224 g/mol. The Labute approximate surface area is 93.9 Å². The van der Waals surface area contributed by atoms with Gasteiger partial charge in [-0.15, -0.1) is 11.3 Å². The zero-order valence-electron chi connectivity index (χ0n) is 8.69. The van der Waals surface area contributed by atoms with Crippen LogP contribution in [0.15, 0.2) is 17.5 Å². The number of likely N-dealkylation sites (tertiary alicyclic amines) is 1. The van der Waals surface area contributed by atoms with E-state index in [0.29, 0.717) is 12.5 Å². The summed E-state index contributed by atoms with van der Waals surface area (Å²) in [6.45, 7) is 2.40. The van der Waals surface area contributed by atoms with Gasteiger partial charge in [0.05, 0.1) is 4.88 Å². The molecule has 0 aromatic carbocycles. The third-order valence-corrected chi connectivity index (χ3v) is 3.73. The molecular formula is C11H16N2OS. The van der Waals surface area contributed by atoms with Crippen LogP contribution in [0.2, 0.25) is 0 Å². The maximum Gasteiger partial charge on any atom is 0.263 e. The molecule has 1 fully saturated rings. The largest absolute Gasteiger partial charge is 0.338 e. The second kappa shape index (κ2) is 4.77. The van der Waals surface area contributed by atoms with Crippen LogP contribution in [0.4, 0.5) is 0 Å². The Kier molecular flexibility index (Phi) is 3.38. The van der Waals surface area contributed by atoms with Crippen LogP contribution in [0.1, 0.15) is 22.5 Å². The summed E-state index contributed by atoms with van der Waals surface area (Å²) in [5.74, 6) is 0.658. The van der Waals surface area contributed by atoms with Crippen molar-refractivity contribution in [2.45, 2.75) is 12.8 Å². The van der Waals surface area contributed by atoms with E-state index in [4.69, 9.17) is 5.73 Å². The van der Waals surface area contributed by atoms with Gasteiger partial charge in [0, 0.05) is 13.1 Å². The third-order valence-electron chi connectivity index (χ3n) is 2.87. The molecule has 1 aromatic rings. The van der Waals surface area contributed by atoms with Gasteiger partial charge in [0.25, 0.3) is 5.91 Å². The number of nitrogens with zero attached hydrogens (tertiary/aromatic N) is 1. The standard InChI is InChI=1S/C11H16N2OS/c12-7-9-3-1-5-13(8-9)11(14)10-4-2-6-15-10/h2,4,6,9H,1,3,5,7-8,12H2/t9-/m1/s1. The summed E-state index contributed by atoms with van der Waals surface area (Å²) in [5.41, 5.74) is 5.65. The molecule has 4 heteroatoms. The Morgan fingerprint density at radius 2 is 2.53 bits per heavy atom. The van der Waals surface area contributed by atoms with Crippen LogP contribution in [0.5, 0.6) is 0 Å². The first-order chi connectivity index (χ1) is 7.31. The minimum Gasteiger partial charge on any atom is -0.338 e. The summed E-state index contributed by atoms with van der Waals surface area (Å²) in [4.78, 5) is 14.8. The molecule has 2 heterocycles. The number of thiophene rings is 1. The summed E-state index contributed by atoms with van der Waals surface area (Å²) in [5, 5.41) is 1.94. The first-order valence-electron chi connectivity index (χ1n) is 5.34. The van der Waals surface area contributed by atoms with Crippen LogP contribution in [0, 0.1) is 5.92 Å². The SMILES string of the molecule is NC[C@H]1CCCN(C(=O)c2cccs2)C1. The molecule has 1 amide bonds. The fraction of sp³-hybridized carbons (Fsp3) is 0.545. The minimum atomic E-state index is 0.170. The topological polar surface area (TPSA) is 46.3 Å². The molecule has 1 aromatic heterocycles. The molecule has 15 heavy (non-hydrogen) atoms. The van der Waals surface area contributed by atoms with E-state index in [9.17, 15) is 4.79 Å². The smallest absolute Gasteiger partial charge is 0.263 e. The van der Waals surface area contributed by atoms with Crippen LogP contribution >= 0.6 is 11.3 Å². The van der Waals surface area contributed by atoms with E-state index >= 15 is 0 Å². The summed E-state index contributed by atoms with van der Waals surface area (Å²) < 4.78 is 0. The van der Waals surface area contributed by atoms with E-state index < -0.39 is 0 Å². The van der Waals surface area contributed by atoms with Gasteiger partial charge < -0.3 is 10.6 Å². The molecule has 1 aliphatic rings. The quantitative estimate of drug-likeness (QED) is 0.828. The van der Waals surface area contributed by atoms with Crippen molar-refractivity contribution in [1.82, 2.24) is 4.90 Å². The van der Waals surface area contributed by atoms with Gasteiger partial charge in [-0.05, 0) is 36.8 Å². The van der Waals surface area contributed by atoms with Crippen molar-refractivity contribution < 1.29 is 4.79 Å². The average Bonchev–Trinajstić information content (AvgIpc) is 2.81. The number of nitrogens with two attached hydrogens (primary N) is 1. The Morgan fingerprint density at radius 3 is 3.20 bits per heavy atom. The highest BCUT2D eigenvalue weighted by molar-refractivity contribution is 7.12. The second-order valence-corrected chi connectivity index (χ2v) is 4.92. The Bertz CT molecular complexity index is 323. The van der Waals surface area contributed by atoms with Crippen molar-refractivity contribution >= 4 is 17.2 Å². The summed E-state index contributed by atoms with van der Waals surface area (Å²) >= 11 is 1.51. The third kappa shape index (κ3) is 2.38. The summed E-state index contributed by atoms with van der Waals surface area (Å²) in [7, 11) is 0. The second-order valence-electron chi connectivity index (χ2n) is 3.97. The van der Waals surface area contributed by atoms with E-state index in [1.807, 2.05) is 22.4 Å². The molecular weight excluding hydrogens is 208 g/mol. The van der Waals surface area contributed by atoms with E-state index in [1.165, 1.54) is 11.3 Å². The predicted molar refractivity (Wildman–Crippen MR) is 62.0 cm³/mol. The molecule has 0 bridgehead atoms. The first-order valence-corrected chi connectivity index (χ1v) is 6.22. The Hall–Kier alpha value is -0.870. The maximum absolute atomic E-state index is 12.0. The lowest BCUT2D eigenvalue weighted by Crippen LogP contribution is -2.41. The number of hydrogen-bond donors (Lipinski definition) is 1. The lowest BCUT2D eigenvalue weighted by Gasteiger charge is -2.31. The fourth-order valence-electron chi connectivity index (χ4n) is 2.00. The zero-order valence-corrected chi connectivity index (χ0v) is 9.50. The van der Waals surface area contributed by atoms with Crippen molar-refractivity contribution in [3.05, 3.63) is 22.4 Å². The minimum absolute atomic E-state index is 0.170. The van der Waals surface area contributed by atoms with E-state index in [2.05, 4.69) is 0 Å². The number of piperidine rings is 1. The van der Waals surface area contributed by atoms with Crippen molar-refractivity contribution in [1.29, 1.82) is 0 Å². The van der Waals surface area contributed by atoms with Gasteiger partial charge in [0.15, 0.2) is 0 Å². The predicted octanol–water partition coefficient (Wildman–Crippen LogP) is 1.56. The summed E-state index contributed by atoms with van der Waals surface area (Å²) in [6, 6.07) is 3.81. The number of hydrogen-bond acceptors (Lipinski definition) is 3. The molecule has 1 atom stereocenters. The van der Waals surface area contributed by atoms with Gasteiger partial charge in [-0.2, -0.15) is 0 Å². The molecule has 0 spiro atoms. The highest BCUT2D eigenvalue weighted by atomic mass is 32.1. The van der Waals surface area contributed by atoms with Gasteiger partial charge in [0.1, 0.15) is 0 Å². The number of carbonyl (C=O) groups is 1. The van der Waals surface area contributed by atoms with Gasteiger partial charge in [0.2, 0.25) is 0 Å².